The number of carbonyl (C=O) groups is 2. The molecule has 2 aromatic rings. The van der Waals surface area contributed by atoms with Crippen molar-refractivity contribution in [2.45, 2.75) is 12.5 Å². The summed E-state index contributed by atoms with van der Waals surface area (Å²) < 4.78 is 13.6. The first-order valence-electron chi connectivity index (χ1n) is 6.60. The highest BCUT2D eigenvalue weighted by Gasteiger charge is 2.23. The van der Waals surface area contributed by atoms with Crippen molar-refractivity contribution in [2.75, 3.05) is 0 Å². The first kappa shape index (κ1) is 17.2. The number of carboxylic acid groups (broad SMARTS) is 1. The van der Waals surface area contributed by atoms with Crippen LogP contribution >= 0.6 is 23.2 Å². The van der Waals surface area contributed by atoms with Gasteiger partial charge in [0.1, 0.15) is 11.9 Å². The second kappa shape index (κ2) is 7.44. The topological polar surface area (TPSA) is 66.4 Å². The molecule has 0 aliphatic heterocycles. The normalized spacial score (nSPS) is 11.8. The highest BCUT2D eigenvalue weighted by Crippen LogP contribution is 2.22. The van der Waals surface area contributed by atoms with Gasteiger partial charge in [-0.15, -0.1) is 0 Å². The van der Waals surface area contributed by atoms with Gasteiger partial charge in [-0.1, -0.05) is 41.4 Å². The van der Waals surface area contributed by atoms with Gasteiger partial charge >= 0.3 is 5.97 Å². The minimum absolute atomic E-state index is 0.0501. The molecule has 0 heterocycles. The molecule has 120 valence electrons. The number of hydrogen-bond acceptors (Lipinski definition) is 2. The summed E-state index contributed by atoms with van der Waals surface area (Å²) in [5.41, 5.74) is 0.290. The van der Waals surface area contributed by atoms with Crippen LogP contribution in [0.15, 0.2) is 42.5 Å². The second-order valence-electron chi connectivity index (χ2n) is 4.78. The molecule has 0 saturated carbocycles. The molecule has 0 saturated heterocycles. The van der Waals surface area contributed by atoms with E-state index in [4.69, 9.17) is 23.2 Å². The maximum atomic E-state index is 13.6. The smallest absolute Gasteiger partial charge is 0.326 e. The number of nitrogens with one attached hydrogen (secondary N) is 1. The Bertz CT molecular complexity index is 752. The zero-order chi connectivity index (χ0) is 17.0. The Morgan fingerprint density at radius 1 is 1.17 bits per heavy atom. The Morgan fingerprint density at radius 2 is 1.87 bits per heavy atom. The molecule has 2 aromatic carbocycles. The molecule has 1 amide bonds. The van der Waals surface area contributed by atoms with E-state index >= 15 is 0 Å². The lowest BCUT2D eigenvalue weighted by molar-refractivity contribution is -0.139. The van der Waals surface area contributed by atoms with Crippen molar-refractivity contribution in [3.8, 4) is 0 Å². The second-order valence-corrected chi connectivity index (χ2v) is 5.63. The molecule has 0 fully saturated rings. The fourth-order valence-electron chi connectivity index (χ4n) is 1.99. The van der Waals surface area contributed by atoms with Crippen molar-refractivity contribution >= 4 is 35.1 Å². The summed E-state index contributed by atoms with van der Waals surface area (Å²) in [5, 5.41) is 12.3. The van der Waals surface area contributed by atoms with Crippen molar-refractivity contribution in [1.82, 2.24) is 5.32 Å². The number of carbonyl (C=O) groups excluding carboxylic acids is 1. The summed E-state index contributed by atoms with van der Waals surface area (Å²) in [5.74, 6) is -2.78. The zero-order valence-corrected chi connectivity index (χ0v) is 13.2. The number of hydrogen-bond donors (Lipinski definition) is 2. The number of rotatable bonds is 5. The first-order chi connectivity index (χ1) is 10.9. The summed E-state index contributed by atoms with van der Waals surface area (Å²) in [6.45, 7) is 0. The number of benzene rings is 2. The van der Waals surface area contributed by atoms with Gasteiger partial charge in [-0.05, 0) is 29.8 Å². The molecule has 0 radical (unpaired) electrons. The van der Waals surface area contributed by atoms with Crippen molar-refractivity contribution in [3.63, 3.8) is 0 Å². The third-order valence-corrected chi connectivity index (χ3v) is 3.75. The van der Waals surface area contributed by atoms with E-state index in [0.717, 1.165) is 6.07 Å². The maximum Gasteiger partial charge on any atom is 0.326 e. The lowest BCUT2D eigenvalue weighted by atomic mass is 10.1. The number of aliphatic carboxylic acids is 1. The molecule has 0 bridgehead atoms. The average molecular weight is 356 g/mol. The molecular formula is C16H12Cl2FNO3. The minimum Gasteiger partial charge on any atom is -0.480 e. The molecule has 7 heteroatoms. The standard InChI is InChI=1S/C16H12Cl2FNO3/c17-10-6-5-9(12(18)8-10)7-14(16(22)23)20-15(21)11-3-1-2-4-13(11)19/h1-6,8,14H,7H2,(H,20,21)(H,22,23)/t14-/m1/s1. The molecule has 23 heavy (non-hydrogen) atoms. The highest BCUT2D eigenvalue weighted by atomic mass is 35.5. The van der Waals surface area contributed by atoms with Gasteiger partial charge in [0.2, 0.25) is 0 Å². The van der Waals surface area contributed by atoms with Crippen LogP contribution in [0.3, 0.4) is 0 Å². The summed E-state index contributed by atoms with van der Waals surface area (Å²) >= 11 is 11.8. The Labute approximate surface area is 141 Å². The molecule has 1 atom stereocenters. The van der Waals surface area contributed by atoms with E-state index < -0.39 is 23.7 Å². The zero-order valence-electron chi connectivity index (χ0n) is 11.7. The van der Waals surface area contributed by atoms with Crippen LogP contribution in [-0.2, 0) is 11.2 Å². The first-order valence-corrected chi connectivity index (χ1v) is 7.36. The van der Waals surface area contributed by atoms with Crippen LogP contribution in [0.2, 0.25) is 10.0 Å². The quantitative estimate of drug-likeness (QED) is 0.861. The van der Waals surface area contributed by atoms with Crippen LogP contribution in [0.1, 0.15) is 15.9 Å². The molecular weight excluding hydrogens is 344 g/mol. The Kier molecular flexibility index (Phi) is 5.58. The molecule has 2 rings (SSSR count). The number of halogens is 3. The van der Waals surface area contributed by atoms with Crippen molar-refractivity contribution in [2.24, 2.45) is 0 Å². The van der Waals surface area contributed by atoms with E-state index in [9.17, 15) is 19.1 Å². The lowest BCUT2D eigenvalue weighted by Gasteiger charge is -2.16. The molecule has 0 aliphatic carbocycles. The third kappa shape index (κ3) is 4.43. The van der Waals surface area contributed by atoms with E-state index in [-0.39, 0.29) is 12.0 Å². The average Bonchev–Trinajstić information content (AvgIpc) is 2.49. The van der Waals surface area contributed by atoms with E-state index in [2.05, 4.69) is 5.32 Å². The van der Waals surface area contributed by atoms with Crippen LogP contribution in [-0.4, -0.2) is 23.0 Å². The number of amides is 1. The lowest BCUT2D eigenvalue weighted by Crippen LogP contribution is -2.42. The van der Waals surface area contributed by atoms with Gasteiger partial charge < -0.3 is 10.4 Å². The van der Waals surface area contributed by atoms with Crippen LogP contribution in [0, 0.1) is 5.82 Å². The Balaban J connectivity index is 2.18. The van der Waals surface area contributed by atoms with Crippen LogP contribution in [0.4, 0.5) is 4.39 Å². The SMILES string of the molecule is O=C(N[C@H](Cc1ccc(Cl)cc1Cl)C(=O)O)c1ccccc1F. The van der Waals surface area contributed by atoms with Gasteiger partial charge in [0.05, 0.1) is 5.56 Å². The molecule has 2 N–H and O–H groups in total. The van der Waals surface area contributed by atoms with Gasteiger partial charge in [-0.3, -0.25) is 4.79 Å². The summed E-state index contributed by atoms with van der Waals surface area (Å²) in [6.07, 6.45) is -0.0501. The Morgan fingerprint density at radius 3 is 2.48 bits per heavy atom. The van der Waals surface area contributed by atoms with E-state index in [1.807, 2.05) is 0 Å². The summed E-state index contributed by atoms with van der Waals surface area (Å²) in [6, 6.07) is 8.71. The monoisotopic (exact) mass is 355 g/mol. The maximum absolute atomic E-state index is 13.6. The largest absolute Gasteiger partial charge is 0.480 e. The van der Waals surface area contributed by atoms with E-state index in [0.29, 0.717) is 15.6 Å². The third-order valence-electron chi connectivity index (χ3n) is 3.16. The van der Waals surface area contributed by atoms with Crippen molar-refractivity contribution < 1.29 is 19.1 Å². The predicted octanol–water partition coefficient (Wildman–Crippen LogP) is 3.56. The van der Waals surface area contributed by atoms with Crippen molar-refractivity contribution in [1.29, 1.82) is 0 Å². The number of carboxylic acids is 1. The predicted molar refractivity (Wildman–Crippen MR) is 85.5 cm³/mol. The molecule has 0 aromatic heterocycles. The molecule has 0 unspecified atom stereocenters. The van der Waals surface area contributed by atoms with Crippen molar-refractivity contribution in [3.05, 3.63) is 69.5 Å². The molecule has 4 nitrogen and oxygen atoms in total. The van der Waals surface area contributed by atoms with Gasteiger partial charge in [0.25, 0.3) is 5.91 Å². The van der Waals surface area contributed by atoms with E-state index in [1.165, 1.54) is 24.3 Å². The fraction of sp³-hybridized carbons (Fsp3) is 0.125. The van der Waals surface area contributed by atoms with Crippen LogP contribution in [0.5, 0.6) is 0 Å². The van der Waals surface area contributed by atoms with Gasteiger partial charge in [-0.2, -0.15) is 0 Å². The Hall–Kier alpha value is -2.11. The fourth-order valence-corrected chi connectivity index (χ4v) is 2.47. The van der Waals surface area contributed by atoms with E-state index in [1.54, 1.807) is 12.1 Å². The summed E-state index contributed by atoms with van der Waals surface area (Å²) in [7, 11) is 0. The minimum atomic E-state index is -1.25. The van der Waals surface area contributed by atoms with Gasteiger partial charge in [0.15, 0.2) is 0 Å². The summed E-state index contributed by atoms with van der Waals surface area (Å²) in [4.78, 5) is 23.4. The van der Waals surface area contributed by atoms with Gasteiger partial charge in [-0.25, -0.2) is 9.18 Å². The highest BCUT2D eigenvalue weighted by molar-refractivity contribution is 6.35. The van der Waals surface area contributed by atoms with Gasteiger partial charge in [0, 0.05) is 16.5 Å². The molecule has 0 spiro atoms. The van der Waals surface area contributed by atoms with Crippen LogP contribution in [0.25, 0.3) is 0 Å². The molecule has 0 aliphatic rings. The van der Waals surface area contributed by atoms with Crippen LogP contribution < -0.4 is 5.32 Å².